The van der Waals surface area contributed by atoms with Crippen LogP contribution in [0.5, 0.6) is 5.88 Å². The minimum Gasteiger partial charge on any atom is -0.470 e. The van der Waals surface area contributed by atoms with Gasteiger partial charge in [0.15, 0.2) is 11.5 Å². The maximum absolute atomic E-state index is 12.2. The van der Waals surface area contributed by atoms with Gasteiger partial charge in [-0.3, -0.25) is 20.6 Å². The Morgan fingerprint density at radius 2 is 2.06 bits per heavy atom. The molecule has 3 heterocycles. The van der Waals surface area contributed by atoms with Gasteiger partial charge in [0, 0.05) is 24.4 Å². The summed E-state index contributed by atoms with van der Waals surface area (Å²) in [4.78, 5) is 16.6. The molecule has 10 nitrogen and oxygen atoms in total. The summed E-state index contributed by atoms with van der Waals surface area (Å²) in [5.74, 6) is 1.25. The Labute approximate surface area is 197 Å². The number of pyridine rings is 1. The molecule has 1 aliphatic carbocycles. The fourth-order valence-electron chi connectivity index (χ4n) is 3.31. The first-order valence-electron chi connectivity index (χ1n) is 11.2. The van der Waals surface area contributed by atoms with Gasteiger partial charge in [0.05, 0.1) is 11.3 Å². The van der Waals surface area contributed by atoms with Crippen LogP contribution in [0, 0.1) is 23.7 Å². The van der Waals surface area contributed by atoms with Crippen molar-refractivity contribution in [3.8, 4) is 5.88 Å². The lowest BCUT2D eigenvalue weighted by atomic mass is 9.88. The number of rotatable bonds is 7. The molecule has 1 amide bonds. The number of nitrogens with one attached hydrogen (secondary N) is 3. The second kappa shape index (κ2) is 9.20. The van der Waals surface area contributed by atoms with Crippen molar-refractivity contribution in [3.05, 3.63) is 64.2 Å². The lowest BCUT2D eigenvalue weighted by Gasteiger charge is -2.22. The molecule has 3 N–H and O–H groups in total. The summed E-state index contributed by atoms with van der Waals surface area (Å²) in [6.07, 6.45) is 3.89. The van der Waals surface area contributed by atoms with E-state index in [9.17, 15) is 4.79 Å². The number of nitrogens with zero attached hydrogens (tertiary/aromatic N) is 4. The summed E-state index contributed by atoms with van der Waals surface area (Å²) >= 11 is 0. The molecule has 0 spiro atoms. The molecule has 10 heteroatoms. The van der Waals surface area contributed by atoms with E-state index < -0.39 is 0 Å². The highest BCUT2D eigenvalue weighted by Crippen LogP contribution is 2.29. The third-order valence-electron chi connectivity index (χ3n) is 5.51. The van der Waals surface area contributed by atoms with Gasteiger partial charge in [-0.25, -0.2) is 0 Å². The Balaban J connectivity index is 1.53. The summed E-state index contributed by atoms with van der Waals surface area (Å²) in [5, 5.41) is 28.0. The van der Waals surface area contributed by atoms with Crippen molar-refractivity contribution < 1.29 is 14.1 Å². The molecule has 3 aromatic rings. The molecule has 178 valence electrons. The highest BCUT2D eigenvalue weighted by molar-refractivity contribution is 5.95. The fraction of sp³-hybridized carbons (Fsp3) is 0.417. The van der Waals surface area contributed by atoms with Crippen molar-refractivity contribution in [2.45, 2.75) is 52.6 Å². The maximum atomic E-state index is 12.2. The van der Waals surface area contributed by atoms with Crippen LogP contribution in [-0.2, 0) is 12.0 Å². The molecule has 3 aromatic heterocycles. The SMILES string of the molecule is Cc1cc(C(=N)n2nc(OCc3ccc(C(=O)NCC4CC4)cn3)c(C(C)(C)C)cc2=N)no1. The van der Waals surface area contributed by atoms with Gasteiger partial charge in [0.2, 0.25) is 5.88 Å². The third-order valence-corrected chi connectivity index (χ3v) is 5.51. The molecular weight excluding hydrogens is 434 g/mol. The lowest BCUT2D eigenvalue weighted by molar-refractivity contribution is 0.0951. The Morgan fingerprint density at radius 3 is 2.65 bits per heavy atom. The molecule has 0 aromatic carbocycles. The molecule has 0 unspecified atom stereocenters. The average molecular weight is 464 g/mol. The number of hydrogen-bond acceptors (Lipinski definition) is 8. The smallest absolute Gasteiger partial charge is 0.252 e. The van der Waals surface area contributed by atoms with Crippen LogP contribution in [0.15, 0.2) is 35.0 Å². The zero-order chi connectivity index (χ0) is 24.5. The first-order valence-corrected chi connectivity index (χ1v) is 11.2. The number of carbonyl (C=O) groups excluding carboxylic acids is 1. The van der Waals surface area contributed by atoms with E-state index in [-0.39, 0.29) is 34.9 Å². The van der Waals surface area contributed by atoms with Gasteiger partial charge in [0.1, 0.15) is 17.9 Å². The minimum absolute atomic E-state index is 0.0302. The van der Waals surface area contributed by atoms with Crippen molar-refractivity contribution in [1.82, 2.24) is 25.2 Å². The summed E-state index contributed by atoms with van der Waals surface area (Å²) in [7, 11) is 0. The Hall–Kier alpha value is -3.82. The van der Waals surface area contributed by atoms with Crippen molar-refractivity contribution in [3.63, 3.8) is 0 Å². The molecule has 0 atom stereocenters. The molecule has 0 saturated heterocycles. The van der Waals surface area contributed by atoms with Crippen LogP contribution in [0.1, 0.15) is 66.7 Å². The number of hydrogen-bond donors (Lipinski definition) is 3. The third kappa shape index (κ3) is 5.38. The highest BCUT2D eigenvalue weighted by atomic mass is 16.5. The lowest BCUT2D eigenvalue weighted by Crippen LogP contribution is -2.32. The van der Waals surface area contributed by atoms with Crippen molar-refractivity contribution in [1.29, 1.82) is 10.8 Å². The fourth-order valence-corrected chi connectivity index (χ4v) is 3.31. The molecule has 4 rings (SSSR count). The van der Waals surface area contributed by atoms with Gasteiger partial charge in [-0.1, -0.05) is 25.9 Å². The van der Waals surface area contributed by atoms with Crippen molar-refractivity contribution >= 4 is 11.7 Å². The van der Waals surface area contributed by atoms with Gasteiger partial charge >= 0.3 is 0 Å². The van der Waals surface area contributed by atoms with Crippen LogP contribution in [0.25, 0.3) is 0 Å². The monoisotopic (exact) mass is 463 g/mol. The van der Waals surface area contributed by atoms with E-state index in [0.717, 1.165) is 10.2 Å². The topological polar surface area (TPSA) is 143 Å². The number of amides is 1. The summed E-state index contributed by atoms with van der Waals surface area (Å²) in [6.45, 7) is 8.56. The Morgan fingerprint density at radius 1 is 1.29 bits per heavy atom. The van der Waals surface area contributed by atoms with Crippen LogP contribution < -0.4 is 15.5 Å². The molecule has 1 aliphatic rings. The normalized spacial score (nSPS) is 13.5. The number of aromatic nitrogens is 4. The zero-order valence-electron chi connectivity index (χ0n) is 19.8. The minimum atomic E-state index is -0.346. The molecule has 1 fully saturated rings. The largest absolute Gasteiger partial charge is 0.470 e. The predicted molar refractivity (Wildman–Crippen MR) is 124 cm³/mol. The Bertz CT molecular complexity index is 1260. The maximum Gasteiger partial charge on any atom is 0.252 e. The standard InChI is InChI=1S/C24H29N7O3/c1-14-9-19(30-34-14)21(26)31-20(25)10-18(24(2,3)4)23(29-31)33-13-17-8-7-16(12-27-17)22(32)28-11-15-5-6-15/h7-10,12,15,25-26H,5-6,11,13H2,1-4H3,(H,28,32). The van der Waals surface area contributed by atoms with Crippen LogP contribution in [0.2, 0.25) is 0 Å². The number of aryl methyl sites for hydroxylation is 1. The molecule has 1 saturated carbocycles. The molecular formula is C24H29N7O3. The number of carbonyl (C=O) groups is 1. The van der Waals surface area contributed by atoms with Crippen LogP contribution in [0.3, 0.4) is 0 Å². The molecule has 0 bridgehead atoms. The van der Waals surface area contributed by atoms with E-state index in [4.69, 9.17) is 20.1 Å². The average Bonchev–Trinajstić information content (AvgIpc) is 3.53. The quantitative estimate of drug-likeness (QED) is 0.363. The predicted octanol–water partition coefficient (Wildman–Crippen LogP) is 2.94. The second-order valence-corrected chi connectivity index (χ2v) is 9.56. The number of ether oxygens (including phenoxy) is 1. The van der Waals surface area contributed by atoms with E-state index in [1.54, 1.807) is 31.2 Å². The summed E-state index contributed by atoms with van der Waals surface area (Å²) in [6, 6.07) is 6.73. The molecule has 0 aliphatic heterocycles. The van der Waals surface area contributed by atoms with E-state index in [2.05, 4.69) is 20.6 Å². The van der Waals surface area contributed by atoms with Crippen LogP contribution in [0.4, 0.5) is 0 Å². The van der Waals surface area contributed by atoms with E-state index in [1.165, 1.54) is 19.0 Å². The van der Waals surface area contributed by atoms with Crippen molar-refractivity contribution in [2.24, 2.45) is 5.92 Å². The van der Waals surface area contributed by atoms with Crippen molar-refractivity contribution in [2.75, 3.05) is 6.54 Å². The summed E-state index contributed by atoms with van der Waals surface area (Å²) in [5.41, 5.74) is 1.82. The van der Waals surface area contributed by atoms with Crippen LogP contribution >= 0.6 is 0 Å². The van der Waals surface area contributed by atoms with Gasteiger partial charge in [-0.2, -0.15) is 4.68 Å². The highest BCUT2D eigenvalue weighted by Gasteiger charge is 2.24. The van der Waals surface area contributed by atoms with Gasteiger partial charge in [0.25, 0.3) is 5.91 Å². The molecule has 34 heavy (non-hydrogen) atoms. The van der Waals surface area contributed by atoms with E-state index in [1.807, 2.05) is 20.8 Å². The van der Waals surface area contributed by atoms with Gasteiger partial charge in [-0.15, -0.1) is 5.10 Å². The van der Waals surface area contributed by atoms with E-state index >= 15 is 0 Å². The van der Waals surface area contributed by atoms with Gasteiger partial charge < -0.3 is 14.6 Å². The zero-order valence-corrected chi connectivity index (χ0v) is 19.8. The second-order valence-electron chi connectivity index (χ2n) is 9.56. The van der Waals surface area contributed by atoms with E-state index in [0.29, 0.717) is 35.4 Å². The first kappa shape index (κ1) is 23.3. The Kier molecular flexibility index (Phi) is 6.32. The van der Waals surface area contributed by atoms with Gasteiger partial charge in [-0.05, 0) is 49.3 Å². The first-order chi connectivity index (χ1) is 16.1. The van der Waals surface area contributed by atoms with Crippen LogP contribution in [-0.4, -0.2) is 38.2 Å². The summed E-state index contributed by atoms with van der Waals surface area (Å²) < 4.78 is 12.2. The molecule has 0 radical (unpaired) electrons.